The fraction of sp³-hybridized carbons (Fsp3) is 0.391. The number of nitrogens with one attached hydrogen (secondary N) is 1. The number of thiophene rings is 2. The topological polar surface area (TPSA) is 140 Å². The van der Waals surface area contributed by atoms with Crippen molar-refractivity contribution in [3.8, 4) is 5.06 Å². The molecule has 196 valence electrons. The SMILES string of the molecule is CCCC(NC(=O)Oc1cc2sccc2s1)C(=O)N1CCC2C1C(=O)CN2S(=O)(=O)c1cccc[n+]1[O-]. The average Bonchev–Trinajstić information content (AvgIpc) is 3.61. The van der Waals surface area contributed by atoms with Crippen molar-refractivity contribution in [2.45, 2.75) is 49.3 Å². The summed E-state index contributed by atoms with van der Waals surface area (Å²) in [4.78, 5) is 40.4. The van der Waals surface area contributed by atoms with Crippen LogP contribution in [0.25, 0.3) is 9.40 Å². The van der Waals surface area contributed by atoms with Gasteiger partial charge in [-0.15, -0.1) is 11.3 Å². The Morgan fingerprint density at radius 1 is 1.30 bits per heavy atom. The van der Waals surface area contributed by atoms with Crippen LogP contribution in [0.3, 0.4) is 0 Å². The molecule has 0 aliphatic carbocycles. The molecule has 2 amide bonds. The van der Waals surface area contributed by atoms with Gasteiger partial charge in [0.25, 0.3) is 0 Å². The van der Waals surface area contributed by atoms with Crippen molar-refractivity contribution in [1.82, 2.24) is 14.5 Å². The van der Waals surface area contributed by atoms with Gasteiger partial charge in [-0.25, -0.2) is 13.2 Å². The summed E-state index contributed by atoms with van der Waals surface area (Å²) in [6.45, 7) is 1.58. The van der Waals surface area contributed by atoms with Gasteiger partial charge < -0.3 is 20.2 Å². The number of nitrogens with zero attached hydrogens (tertiary/aromatic N) is 3. The molecule has 0 radical (unpaired) electrons. The van der Waals surface area contributed by atoms with E-state index in [-0.39, 0.29) is 17.7 Å². The van der Waals surface area contributed by atoms with E-state index in [4.69, 9.17) is 4.74 Å². The number of pyridine rings is 1. The van der Waals surface area contributed by atoms with Crippen LogP contribution in [0, 0.1) is 5.21 Å². The Morgan fingerprint density at radius 3 is 2.84 bits per heavy atom. The summed E-state index contributed by atoms with van der Waals surface area (Å²) in [5.74, 6) is -0.894. The summed E-state index contributed by atoms with van der Waals surface area (Å²) in [5, 5.41) is 16.6. The zero-order valence-corrected chi connectivity index (χ0v) is 22.2. The number of ether oxygens (including phenoxy) is 1. The highest BCUT2D eigenvalue weighted by Gasteiger charge is 2.55. The molecule has 3 unspecified atom stereocenters. The number of amides is 2. The number of hydrogen-bond acceptors (Lipinski definition) is 9. The van der Waals surface area contributed by atoms with E-state index in [1.165, 1.54) is 45.8 Å². The number of aromatic nitrogens is 1. The van der Waals surface area contributed by atoms with E-state index in [0.29, 0.717) is 17.9 Å². The fourth-order valence-corrected chi connectivity index (χ4v) is 8.48. The number of fused-ring (bicyclic) bond motifs is 2. The van der Waals surface area contributed by atoms with Gasteiger partial charge in [0.15, 0.2) is 17.0 Å². The van der Waals surface area contributed by atoms with E-state index in [0.717, 1.165) is 19.9 Å². The third-order valence-electron chi connectivity index (χ3n) is 6.50. The smallest absolute Gasteiger partial charge is 0.414 e. The number of hydrogen-bond donors (Lipinski definition) is 1. The van der Waals surface area contributed by atoms with E-state index >= 15 is 0 Å². The predicted molar refractivity (Wildman–Crippen MR) is 136 cm³/mol. The molecule has 0 bridgehead atoms. The first-order valence-electron chi connectivity index (χ1n) is 11.7. The standard InChI is InChI=1S/C23H24N4O7S3/c1-2-5-14(24-23(30)34-20-12-18-17(36-20)8-11-35-18)22(29)25-10-7-15-21(25)16(28)13-27(15)37(32,33)19-6-3-4-9-26(19)31/h3-4,6,8-9,11-12,14-15,21H,2,5,7,10,13H2,1H3,(H,24,30). The zero-order valence-electron chi connectivity index (χ0n) is 19.7. The maximum Gasteiger partial charge on any atom is 0.414 e. The molecule has 1 N–H and O–H groups in total. The molecule has 11 nitrogen and oxygen atoms in total. The number of likely N-dealkylation sites (tertiary alicyclic amines) is 1. The summed E-state index contributed by atoms with van der Waals surface area (Å²) < 4.78 is 35.0. The molecule has 0 aromatic carbocycles. The van der Waals surface area contributed by atoms with Crippen LogP contribution in [0.15, 0.2) is 46.9 Å². The predicted octanol–water partition coefficient (Wildman–Crippen LogP) is 2.10. The molecule has 2 aliphatic heterocycles. The summed E-state index contributed by atoms with van der Waals surface area (Å²) in [6, 6.07) is 5.02. The van der Waals surface area contributed by atoms with Gasteiger partial charge in [0.05, 0.1) is 12.6 Å². The fourth-order valence-electron chi connectivity index (χ4n) is 4.88. The summed E-state index contributed by atoms with van der Waals surface area (Å²) >= 11 is 2.85. The summed E-state index contributed by atoms with van der Waals surface area (Å²) in [6.07, 6.45) is 1.44. The second-order valence-electron chi connectivity index (χ2n) is 8.80. The number of sulfonamides is 1. The molecule has 3 aromatic rings. The van der Waals surface area contributed by atoms with Gasteiger partial charge in [0.2, 0.25) is 5.91 Å². The molecule has 2 fully saturated rings. The molecule has 3 atom stereocenters. The van der Waals surface area contributed by atoms with Crippen LogP contribution in [-0.2, 0) is 19.6 Å². The first kappa shape index (κ1) is 25.6. The van der Waals surface area contributed by atoms with E-state index in [2.05, 4.69) is 5.32 Å². The first-order valence-corrected chi connectivity index (χ1v) is 14.8. The molecule has 0 saturated carbocycles. The molecule has 3 aromatic heterocycles. The highest BCUT2D eigenvalue weighted by molar-refractivity contribution is 7.89. The Morgan fingerprint density at radius 2 is 2.11 bits per heavy atom. The number of Topliss-reactive ketones (excluding diaryl/α,β-unsaturated/α-hetero) is 1. The Bertz CT molecular complexity index is 1440. The maximum absolute atomic E-state index is 13.5. The van der Waals surface area contributed by atoms with Gasteiger partial charge in [-0.05, 0) is 30.4 Å². The van der Waals surface area contributed by atoms with Crippen molar-refractivity contribution >= 4 is 59.9 Å². The van der Waals surface area contributed by atoms with Crippen molar-refractivity contribution in [1.29, 1.82) is 0 Å². The van der Waals surface area contributed by atoms with Crippen molar-refractivity contribution in [3.05, 3.63) is 47.1 Å². The van der Waals surface area contributed by atoms with Crippen LogP contribution in [-0.4, -0.2) is 66.6 Å². The lowest BCUT2D eigenvalue weighted by Crippen LogP contribution is -2.53. The second-order valence-corrected chi connectivity index (χ2v) is 12.6. The van der Waals surface area contributed by atoms with Crippen molar-refractivity contribution in [2.24, 2.45) is 0 Å². The molecular formula is C23H24N4O7S3. The number of carbonyl (C=O) groups is 3. The summed E-state index contributed by atoms with van der Waals surface area (Å²) in [7, 11) is -4.26. The molecule has 2 saturated heterocycles. The molecule has 14 heteroatoms. The van der Waals surface area contributed by atoms with Crippen LogP contribution in [0.2, 0.25) is 0 Å². The highest BCUT2D eigenvalue weighted by atomic mass is 32.2. The largest absolute Gasteiger partial charge is 0.618 e. The monoisotopic (exact) mass is 564 g/mol. The minimum Gasteiger partial charge on any atom is -0.618 e. The third kappa shape index (κ3) is 4.69. The van der Waals surface area contributed by atoms with Gasteiger partial charge in [-0.1, -0.05) is 24.7 Å². The molecule has 37 heavy (non-hydrogen) atoms. The third-order valence-corrected chi connectivity index (χ3v) is 10.3. The number of rotatable bonds is 7. The Labute approximate surface area is 220 Å². The van der Waals surface area contributed by atoms with Crippen LogP contribution in [0.1, 0.15) is 26.2 Å². The minimum atomic E-state index is -4.26. The Hall–Kier alpha value is -3.07. The number of carbonyl (C=O) groups excluding carboxylic acids is 3. The van der Waals surface area contributed by atoms with Gasteiger partial charge >= 0.3 is 21.1 Å². The normalized spacial score (nSPS) is 20.8. The highest BCUT2D eigenvalue weighted by Crippen LogP contribution is 2.36. The quantitative estimate of drug-likeness (QED) is 0.342. The van der Waals surface area contributed by atoms with Crippen LogP contribution in [0.5, 0.6) is 5.06 Å². The Kier molecular flexibility index (Phi) is 6.91. The van der Waals surface area contributed by atoms with Gasteiger partial charge in [-0.3, -0.25) is 9.59 Å². The Balaban J connectivity index is 1.30. The minimum absolute atomic E-state index is 0.149. The molecular weight excluding hydrogens is 540 g/mol. The average molecular weight is 565 g/mol. The van der Waals surface area contributed by atoms with Crippen molar-refractivity contribution in [2.75, 3.05) is 13.1 Å². The molecule has 5 heterocycles. The lowest BCUT2D eigenvalue weighted by molar-refractivity contribution is -0.646. The van der Waals surface area contributed by atoms with Crippen molar-refractivity contribution in [3.63, 3.8) is 0 Å². The van der Waals surface area contributed by atoms with E-state index in [1.54, 1.807) is 6.07 Å². The molecule has 5 rings (SSSR count). The molecule has 2 aliphatic rings. The zero-order chi connectivity index (χ0) is 26.3. The summed E-state index contributed by atoms with van der Waals surface area (Å²) in [5.41, 5.74) is 0. The van der Waals surface area contributed by atoms with Gasteiger partial charge in [0, 0.05) is 34.1 Å². The van der Waals surface area contributed by atoms with E-state index < -0.39 is 57.5 Å². The second kappa shape index (κ2) is 10.0. The maximum atomic E-state index is 13.5. The lowest BCUT2D eigenvalue weighted by atomic mass is 10.1. The van der Waals surface area contributed by atoms with Crippen LogP contribution < -0.4 is 14.8 Å². The lowest BCUT2D eigenvalue weighted by Gasteiger charge is -2.27. The van der Waals surface area contributed by atoms with Crippen LogP contribution >= 0.6 is 22.7 Å². The first-order chi connectivity index (χ1) is 17.7. The molecule has 0 spiro atoms. The van der Waals surface area contributed by atoms with Gasteiger partial charge in [-0.2, -0.15) is 9.04 Å². The van der Waals surface area contributed by atoms with Crippen molar-refractivity contribution < 1.29 is 32.3 Å². The van der Waals surface area contributed by atoms with E-state index in [1.807, 2.05) is 18.4 Å². The van der Waals surface area contributed by atoms with Crippen LogP contribution in [0.4, 0.5) is 4.79 Å². The van der Waals surface area contributed by atoms with E-state index in [9.17, 15) is 28.0 Å². The number of ketones is 1. The van der Waals surface area contributed by atoms with Gasteiger partial charge in [0.1, 0.15) is 12.1 Å².